The number of carbonyl (C=O) groups excluding carboxylic acids is 1. The van der Waals surface area contributed by atoms with Gasteiger partial charge >= 0.3 is 0 Å². The van der Waals surface area contributed by atoms with Gasteiger partial charge in [-0.05, 0) is 25.0 Å². The van der Waals surface area contributed by atoms with Crippen molar-refractivity contribution in [2.45, 2.75) is 18.9 Å². The highest BCUT2D eigenvalue weighted by Gasteiger charge is 2.27. The molecule has 20 heavy (non-hydrogen) atoms. The average molecular weight is 313 g/mol. The minimum absolute atomic E-state index is 0.0551. The normalized spacial score (nSPS) is 17.5. The Morgan fingerprint density at radius 2 is 2.05 bits per heavy atom. The van der Waals surface area contributed by atoms with E-state index < -0.39 is 6.10 Å². The van der Waals surface area contributed by atoms with Crippen LogP contribution < -0.4 is 0 Å². The van der Waals surface area contributed by atoms with E-state index >= 15 is 0 Å². The van der Waals surface area contributed by atoms with Crippen molar-refractivity contribution >= 4 is 29.0 Å². The van der Waals surface area contributed by atoms with Crippen LogP contribution in [0.15, 0.2) is 12.1 Å². The molecule has 3 nitrogen and oxygen atoms in total. The standard InChI is InChI=1S/C15H14Cl2O3/c1-2-12(18)13-11(16)4-3-10(14(13)17)15(19)9-5-7-20-8-6-9/h1,3-4,9,12,18H,5-8H2. The Labute approximate surface area is 127 Å². The number of terminal acetylenes is 1. The lowest BCUT2D eigenvalue weighted by Gasteiger charge is -2.22. The van der Waals surface area contributed by atoms with Crippen molar-refractivity contribution in [2.75, 3.05) is 13.2 Å². The summed E-state index contributed by atoms with van der Waals surface area (Å²) in [6, 6.07) is 3.12. The first kappa shape index (κ1) is 15.3. The van der Waals surface area contributed by atoms with Gasteiger partial charge in [0, 0.05) is 35.3 Å². The molecule has 1 heterocycles. The third-order valence-corrected chi connectivity index (χ3v) is 4.15. The monoisotopic (exact) mass is 312 g/mol. The minimum atomic E-state index is -1.22. The molecule has 0 aromatic heterocycles. The zero-order chi connectivity index (χ0) is 14.7. The third-order valence-electron chi connectivity index (χ3n) is 3.42. The zero-order valence-electron chi connectivity index (χ0n) is 10.7. The second-order valence-corrected chi connectivity index (χ2v) is 5.43. The topological polar surface area (TPSA) is 46.5 Å². The molecule has 2 rings (SSSR count). The van der Waals surface area contributed by atoms with Gasteiger partial charge in [-0.1, -0.05) is 29.1 Å². The molecule has 1 aliphatic rings. The van der Waals surface area contributed by atoms with Crippen molar-refractivity contribution < 1.29 is 14.6 Å². The number of halogens is 2. The highest BCUT2D eigenvalue weighted by Crippen LogP contribution is 2.35. The van der Waals surface area contributed by atoms with Crippen molar-refractivity contribution in [1.82, 2.24) is 0 Å². The zero-order valence-corrected chi connectivity index (χ0v) is 12.2. The van der Waals surface area contributed by atoms with E-state index in [2.05, 4.69) is 5.92 Å². The Bertz CT molecular complexity index is 557. The molecule has 0 aliphatic carbocycles. The predicted octanol–water partition coefficient (Wildman–Crippen LogP) is 3.27. The van der Waals surface area contributed by atoms with Gasteiger partial charge in [0.05, 0.1) is 5.02 Å². The molecule has 1 N–H and O–H groups in total. The molecule has 1 aromatic rings. The summed E-state index contributed by atoms with van der Waals surface area (Å²) in [5.41, 5.74) is 0.570. The summed E-state index contributed by atoms with van der Waals surface area (Å²) >= 11 is 12.2. The number of rotatable bonds is 3. The average Bonchev–Trinajstić information content (AvgIpc) is 2.47. The van der Waals surface area contributed by atoms with E-state index in [0.717, 1.165) is 0 Å². The highest BCUT2D eigenvalue weighted by atomic mass is 35.5. The maximum Gasteiger partial charge on any atom is 0.167 e. The largest absolute Gasteiger partial charge is 0.381 e. The van der Waals surface area contributed by atoms with Gasteiger partial charge < -0.3 is 9.84 Å². The Hall–Kier alpha value is -1.05. The first-order valence-electron chi connectivity index (χ1n) is 6.30. The Morgan fingerprint density at radius 1 is 1.40 bits per heavy atom. The molecule has 1 atom stereocenters. The van der Waals surface area contributed by atoms with Crippen LogP contribution in [0.3, 0.4) is 0 Å². The van der Waals surface area contributed by atoms with Crippen molar-refractivity contribution in [3.05, 3.63) is 33.3 Å². The van der Waals surface area contributed by atoms with E-state index in [0.29, 0.717) is 31.6 Å². The highest BCUT2D eigenvalue weighted by molar-refractivity contribution is 6.38. The van der Waals surface area contributed by atoms with E-state index in [-0.39, 0.29) is 27.3 Å². The molecule has 106 valence electrons. The lowest BCUT2D eigenvalue weighted by atomic mass is 9.90. The van der Waals surface area contributed by atoms with Crippen LogP contribution in [0, 0.1) is 18.3 Å². The number of aliphatic hydroxyl groups excluding tert-OH is 1. The molecule has 1 saturated heterocycles. The van der Waals surface area contributed by atoms with Crippen LogP contribution in [0.5, 0.6) is 0 Å². The van der Waals surface area contributed by atoms with Crippen LogP contribution in [-0.2, 0) is 4.74 Å². The SMILES string of the molecule is C#CC(O)c1c(Cl)ccc(C(=O)C2CCOCC2)c1Cl. The molecule has 1 fully saturated rings. The lowest BCUT2D eigenvalue weighted by molar-refractivity contribution is 0.0545. The Morgan fingerprint density at radius 3 is 2.65 bits per heavy atom. The van der Waals surface area contributed by atoms with Gasteiger partial charge in [0.1, 0.15) is 6.10 Å². The second kappa shape index (κ2) is 6.60. The first-order chi connectivity index (χ1) is 9.56. The van der Waals surface area contributed by atoms with Crippen LogP contribution in [0.1, 0.15) is 34.9 Å². The second-order valence-electron chi connectivity index (χ2n) is 4.64. The molecule has 0 bridgehead atoms. The van der Waals surface area contributed by atoms with Gasteiger partial charge in [-0.3, -0.25) is 4.79 Å². The number of Topliss-reactive ketones (excluding diaryl/α,β-unsaturated/α-hetero) is 1. The fraction of sp³-hybridized carbons (Fsp3) is 0.400. The third kappa shape index (κ3) is 2.99. The molecule has 0 amide bonds. The summed E-state index contributed by atoms with van der Waals surface area (Å²) in [5, 5.41) is 10.2. The molecule has 1 aliphatic heterocycles. The van der Waals surface area contributed by atoms with E-state index in [9.17, 15) is 9.90 Å². The summed E-state index contributed by atoms with van der Waals surface area (Å²) in [5.74, 6) is 2.00. The fourth-order valence-corrected chi connectivity index (χ4v) is 2.94. The number of carbonyl (C=O) groups is 1. The number of hydrogen-bond donors (Lipinski definition) is 1. The molecule has 5 heteroatoms. The fourth-order valence-electron chi connectivity index (χ4n) is 2.27. The maximum atomic E-state index is 12.5. The number of aliphatic hydroxyl groups is 1. The molecular weight excluding hydrogens is 299 g/mol. The van der Waals surface area contributed by atoms with Crippen LogP contribution in [0.4, 0.5) is 0 Å². The van der Waals surface area contributed by atoms with Gasteiger partial charge in [-0.15, -0.1) is 6.42 Å². The van der Waals surface area contributed by atoms with Crippen molar-refractivity contribution in [1.29, 1.82) is 0 Å². The van der Waals surface area contributed by atoms with Crippen molar-refractivity contribution in [3.63, 3.8) is 0 Å². The molecule has 1 unspecified atom stereocenters. The van der Waals surface area contributed by atoms with Crippen LogP contribution in [-0.4, -0.2) is 24.1 Å². The maximum absolute atomic E-state index is 12.5. The van der Waals surface area contributed by atoms with E-state index in [1.807, 2.05) is 0 Å². The summed E-state index contributed by atoms with van der Waals surface area (Å²) in [4.78, 5) is 12.5. The van der Waals surface area contributed by atoms with Crippen molar-refractivity contribution in [3.8, 4) is 12.3 Å². The van der Waals surface area contributed by atoms with Crippen LogP contribution >= 0.6 is 23.2 Å². The minimum Gasteiger partial charge on any atom is -0.381 e. The summed E-state index contributed by atoms with van der Waals surface area (Å²) in [6.45, 7) is 1.14. The summed E-state index contributed by atoms with van der Waals surface area (Å²) < 4.78 is 5.24. The lowest BCUT2D eigenvalue weighted by Crippen LogP contribution is -2.24. The van der Waals surface area contributed by atoms with E-state index in [4.69, 9.17) is 34.4 Å². The smallest absolute Gasteiger partial charge is 0.167 e. The quantitative estimate of drug-likeness (QED) is 0.688. The molecule has 0 saturated carbocycles. The molecule has 1 aromatic carbocycles. The number of ketones is 1. The van der Waals surface area contributed by atoms with Crippen LogP contribution in [0.2, 0.25) is 10.0 Å². The van der Waals surface area contributed by atoms with Gasteiger partial charge in [0.25, 0.3) is 0 Å². The first-order valence-corrected chi connectivity index (χ1v) is 7.06. The van der Waals surface area contributed by atoms with Crippen LogP contribution in [0.25, 0.3) is 0 Å². The van der Waals surface area contributed by atoms with E-state index in [1.165, 1.54) is 6.07 Å². The summed E-state index contributed by atoms with van der Waals surface area (Å²) in [7, 11) is 0. The number of benzene rings is 1. The Balaban J connectivity index is 2.37. The van der Waals surface area contributed by atoms with Gasteiger partial charge in [-0.25, -0.2) is 0 Å². The molecule has 0 spiro atoms. The predicted molar refractivity (Wildman–Crippen MR) is 78.1 cm³/mol. The number of ether oxygens (including phenoxy) is 1. The van der Waals surface area contributed by atoms with Crippen molar-refractivity contribution in [2.24, 2.45) is 5.92 Å². The van der Waals surface area contributed by atoms with E-state index in [1.54, 1.807) is 6.07 Å². The summed E-state index contributed by atoms with van der Waals surface area (Å²) in [6.07, 6.45) is 5.31. The molecule has 0 radical (unpaired) electrons. The molecular formula is C15H14Cl2O3. The Kier molecular flexibility index (Phi) is 5.06. The van der Waals surface area contributed by atoms with Gasteiger partial charge in [0.15, 0.2) is 5.78 Å². The number of hydrogen-bond acceptors (Lipinski definition) is 3. The van der Waals surface area contributed by atoms with Gasteiger partial charge in [0.2, 0.25) is 0 Å². The van der Waals surface area contributed by atoms with Gasteiger partial charge in [-0.2, -0.15) is 0 Å².